The lowest BCUT2D eigenvalue weighted by Crippen LogP contribution is -2.31. The SMILES string of the molecule is CCOC(=O)c1ccccc1NCCC(=O)N(CC)c1ccccc1. The number of nitrogens with one attached hydrogen (secondary N) is 1. The molecule has 132 valence electrons. The number of hydrogen-bond donors (Lipinski definition) is 1. The molecule has 0 fully saturated rings. The maximum Gasteiger partial charge on any atom is 0.340 e. The fourth-order valence-corrected chi connectivity index (χ4v) is 2.57. The molecular weight excluding hydrogens is 316 g/mol. The van der Waals surface area contributed by atoms with Crippen molar-refractivity contribution >= 4 is 23.3 Å². The van der Waals surface area contributed by atoms with Gasteiger partial charge in [-0.05, 0) is 38.1 Å². The Morgan fingerprint density at radius 2 is 1.68 bits per heavy atom. The van der Waals surface area contributed by atoms with E-state index in [0.717, 1.165) is 5.69 Å². The van der Waals surface area contributed by atoms with Crippen LogP contribution in [0, 0.1) is 0 Å². The molecule has 25 heavy (non-hydrogen) atoms. The van der Waals surface area contributed by atoms with Gasteiger partial charge in [-0.25, -0.2) is 4.79 Å². The summed E-state index contributed by atoms with van der Waals surface area (Å²) in [6.07, 6.45) is 0.333. The Hall–Kier alpha value is -2.82. The molecule has 0 bridgehead atoms. The van der Waals surface area contributed by atoms with Crippen molar-refractivity contribution in [3.8, 4) is 0 Å². The number of benzene rings is 2. The van der Waals surface area contributed by atoms with Gasteiger partial charge in [0.25, 0.3) is 0 Å². The van der Waals surface area contributed by atoms with Crippen molar-refractivity contribution in [2.45, 2.75) is 20.3 Å². The summed E-state index contributed by atoms with van der Waals surface area (Å²) < 4.78 is 5.06. The summed E-state index contributed by atoms with van der Waals surface area (Å²) >= 11 is 0. The molecule has 1 amide bonds. The minimum Gasteiger partial charge on any atom is -0.462 e. The lowest BCUT2D eigenvalue weighted by Gasteiger charge is -2.21. The molecule has 2 aromatic rings. The largest absolute Gasteiger partial charge is 0.462 e. The summed E-state index contributed by atoms with van der Waals surface area (Å²) in [5, 5.41) is 3.17. The van der Waals surface area contributed by atoms with Gasteiger partial charge in [-0.1, -0.05) is 30.3 Å². The number of carbonyl (C=O) groups excluding carboxylic acids is 2. The van der Waals surface area contributed by atoms with Gasteiger partial charge in [-0.3, -0.25) is 4.79 Å². The van der Waals surface area contributed by atoms with E-state index in [1.807, 2.05) is 49.4 Å². The average molecular weight is 340 g/mol. The van der Waals surface area contributed by atoms with Gasteiger partial charge in [-0.15, -0.1) is 0 Å². The molecule has 0 aliphatic heterocycles. The van der Waals surface area contributed by atoms with E-state index in [1.165, 1.54) is 0 Å². The molecule has 0 radical (unpaired) electrons. The van der Waals surface area contributed by atoms with Crippen LogP contribution in [0.3, 0.4) is 0 Å². The summed E-state index contributed by atoms with van der Waals surface area (Å²) in [6.45, 7) is 5.11. The Morgan fingerprint density at radius 3 is 2.36 bits per heavy atom. The third kappa shape index (κ3) is 5.08. The first kappa shape index (κ1) is 18.5. The average Bonchev–Trinajstić information content (AvgIpc) is 2.64. The van der Waals surface area contributed by atoms with Crippen molar-refractivity contribution in [1.82, 2.24) is 0 Å². The van der Waals surface area contributed by atoms with Crippen LogP contribution in [0.25, 0.3) is 0 Å². The van der Waals surface area contributed by atoms with Crippen LogP contribution in [0.5, 0.6) is 0 Å². The van der Waals surface area contributed by atoms with E-state index in [-0.39, 0.29) is 11.9 Å². The third-order valence-corrected chi connectivity index (χ3v) is 3.76. The molecular formula is C20H24N2O3. The number of hydrogen-bond acceptors (Lipinski definition) is 4. The molecule has 0 saturated carbocycles. The molecule has 5 heteroatoms. The Kier molecular flexibility index (Phi) is 7.01. The van der Waals surface area contributed by atoms with Crippen molar-refractivity contribution in [1.29, 1.82) is 0 Å². The van der Waals surface area contributed by atoms with E-state index in [0.29, 0.717) is 37.4 Å². The van der Waals surface area contributed by atoms with Crippen molar-refractivity contribution < 1.29 is 14.3 Å². The smallest absolute Gasteiger partial charge is 0.340 e. The van der Waals surface area contributed by atoms with Crippen LogP contribution in [0.2, 0.25) is 0 Å². The highest BCUT2D eigenvalue weighted by molar-refractivity contribution is 5.96. The zero-order chi connectivity index (χ0) is 18.1. The monoisotopic (exact) mass is 340 g/mol. The van der Waals surface area contributed by atoms with Crippen LogP contribution in [-0.4, -0.2) is 31.6 Å². The summed E-state index contributed by atoms with van der Waals surface area (Å²) in [6, 6.07) is 16.8. The number of esters is 1. The molecule has 5 nitrogen and oxygen atoms in total. The highest BCUT2D eigenvalue weighted by atomic mass is 16.5. The summed E-state index contributed by atoms with van der Waals surface area (Å²) in [4.78, 5) is 26.2. The second-order valence-electron chi connectivity index (χ2n) is 5.42. The van der Waals surface area contributed by atoms with Gasteiger partial charge >= 0.3 is 5.97 Å². The van der Waals surface area contributed by atoms with Crippen molar-refractivity contribution in [2.24, 2.45) is 0 Å². The second kappa shape index (κ2) is 9.47. The van der Waals surface area contributed by atoms with Crippen LogP contribution >= 0.6 is 0 Å². The molecule has 1 N–H and O–H groups in total. The van der Waals surface area contributed by atoms with Crippen LogP contribution < -0.4 is 10.2 Å². The zero-order valence-electron chi connectivity index (χ0n) is 14.7. The highest BCUT2D eigenvalue weighted by Crippen LogP contribution is 2.17. The van der Waals surface area contributed by atoms with E-state index >= 15 is 0 Å². The van der Waals surface area contributed by atoms with Gasteiger partial charge in [0.05, 0.1) is 12.2 Å². The van der Waals surface area contributed by atoms with E-state index in [2.05, 4.69) is 5.32 Å². The number of rotatable bonds is 8. The van der Waals surface area contributed by atoms with E-state index < -0.39 is 0 Å². The van der Waals surface area contributed by atoms with Crippen LogP contribution in [0.1, 0.15) is 30.6 Å². The van der Waals surface area contributed by atoms with Crippen molar-refractivity contribution in [3.05, 3.63) is 60.2 Å². The molecule has 0 spiro atoms. The van der Waals surface area contributed by atoms with Crippen molar-refractivity contribution in [3.63, 3.8) is 0 Å². The predicted octanol–water partition coefficient (Wildman–Crippen LogP) is 3.72. The van der Waals surface area contributed by atoms with Gasteiger partial charge in [0.1, 0.15) is 0 Å². The molecule has 0 atom stereocenters. The lowest BCUT2D eigenvalue weighted by atomic mass is 10.1. The normalized spacial score (nSPS) is 10.2. The number of amides is 1. The molecule has 2 aromatic carbocycles. The summed E-state index contributed by atoms with van der Waals surface area (Å²) in [7, 11) is 0. The van der Waals surface area contributed by atoms with Gasteiger partial charge in [0.2, 0.25) is 5.91 Å². The predicted molar refractivity (Wildman–Crippen MR) is 100.0 cm³/mol. The Balaban J connectivity index is 1.96. The molecule has 0 aliphatic carbocycles. The molecule has 0 unspecified atom stereocenters. The molecule has 0 heterocycles. The first-order valence-electron chi connectivity index (χ1n) is 8.52. The van der Waals surface area contributed by atoms with Crippen LogP contribution in [0.4, 0.5) is 11.4 Å². The zero-order valence-corrected chi connectivity index (χ0v) is 14.7. The number of nitrogens with zero attached hydrogens (tertiary/aromatic N) is 1. The maximum absolute atomic E-state index is 12.5. The van der Waals surface area contributed by atoms with Gasteiger partial charge in [0, 0.05) is 30.9 Å². The van der Waals surface area contributed by atoms with E-state index in [1.54, 1.807) is 24.0 Å². The van der Waals surface area contributed by atoms with Gasteiger partial charge in [-0.2, -0.15) is 0 Å². The minimum absolute atomic E-state index is 0.0369. The van der Waals surface area contributed by atoms with E-state index in [4.69, 9.17) is 4.74 Å². The Bertz CT molecular complexity index is 701. The fourth-order valence-electron chi connectivity index (χ4n) is 2.57. The molecule has 0 aromatic heterocycles. The second-order valence-corrected chi connectivity index (χ2v) is 5.42. The molecule has 0 saturated heterocycles. The van der Waals surface area contributed by atoms with Crippen LogP contribution in [0.15, 0.2) is 54.6 Å². The number of ether oxygens (including phenoxy) is 1. The number of para-hydroxylation sites is 2. The first-order valence-corrected chi connectivity index (χ1v) is 8.52. The Morgan fingerprint density at radius 1 is 1.00 bits per heavy atom. The molecule has 2 rings (SSSR count). The Labute approximate surface area is 148 Å². The lowest BCUT2D eigenvalue weighted by molar-refractivity contribution is -0.118. The van der Waals surface area contributed by atoms with Gasteiger partial charge in [0.15, 0.2) is 0 Å². The third-order valence-electron chi connectivity index (χ3n) is 3.76. The van der Waals surface area contributed by atoms with Crippen molar-refractivity contribution in [2.75, 3.05) is 29.9 Å². The highest BCUT2D eigenvalue weighted by Gasteiger charge is 2.15. The number of anilines is 2. The topological polar surface area (TPSA) is 58.6 Å². The molecule has 0 aliphatic rings. The number of carbonyl (C=O) groups is 2. The maximum atomic E-state index is 12.5. The fraction of sp³-hybridized carbons (Fsp3) is 0.300. The van der Waals surface area contributed by atoms with Gasteiger partial charge < -0.3 is 15.0 Å². The summed E-state index contributed by atoms with van der Waals surface area (Å²) in [5.41, 5.74) is 2.05. The minimum atomic E-state index is -0.364. The standard InChI is InChI=1S/C20H24N2O3/c1-3-22(16-10-6-5-7-11-16)19(23)14-15-21-18-13-9-8-12-17(18)20(24)25-4-2/h5-13,21H,3-4,14-15H2,1-2H3. The van der Waals surface area contributed by atoms with Crippen LogP contribution in [-0.2, 0) is 9.53 Å². The summed E-state index contributed by atoms with van der Waals surface area (Å²) in [5.74, 6) is -0.328. The first-order chi connectivity index (χ1) is 12.2. The quantitative estimate of drug-likeness (QED) is 0.744. The van der Waals surface area contributed by atoms with E-state index in [9.17, 15) is 9.59 Å².